The molecule has 0 saturated carbocycles. The highest BCUT2D eigenvalue weighted by Gasteiger charge is 2.28. The van der Waals surface area contributed by atoms with Crippen molar-refractivity contribution in [3.63, 3.8) is 0 Å². The molecule has 2 aliphatic rings. The third kappa shape index (κ3) is 6.31. The molecule has 13 heteroatoms. The molecule has 0 bridgehead atoms. The zero-order valence-electron chi connectivity index (χ0n) is 27.4. The van der Waals surface area contributed by atoms with Crippen LogP contribution >= 0.6 is 0 Å². The van der Waals surface area contributed by atoms with Gasteiger partial charge in [0.2, 0.25) is 5.91 Å². The minimum absolute atomic E-state index is 0.0443. The molecule has 2 aliphatic heterocycles. The van der Waals surface area contributed by atoms with Crippen LogP contribution in [0.5, 0.6) is 11.5 Å². The minimum Gasteiger partial charge on any atom is -0.495 e. The smallest absolute Gasteiger partial charge is 0.270 e. The Morgan fingerprint density at radius 2 is 1.73 bits per heavy atom. The molecule has 5 aromatic rings. The molecule has 5 heterocycles. The Morgan fingerprint density at radius 3 is 2.51 bits per heavy atom. The van der Waals surface area contributed by atoms with E-state index in [4.69, 9.17) is 9.47 Å². The Morgan fingerprint density at radius 1 is 0.918 bits per heavy atom. The van der Waals surface area contributed by atoms with E-state index >= 15 is 4.39 Å². The molecular weight excluding hydrogens is 627 g/mol. The third-order valence-electron chi connectivity index (χ3n) is 9.25. The van der Waals surface area contributed by atoms with Crippen molar-refractivity contribution in [3.05, 3.63) is 90.4 Å². The molecule has 0 unspecified atom stereocenters. The van der Waals surface area contributed by atoms with E-state index in [0.29, 0.717) is 84.8 Å². The molecule has 0 atom stereocenters. The zero-order chi connectivity index (χ0) is 33.9. The van der Waals surface area contributed by atoms with Gasteiger partial charge in [0, 0.05) is 74.6 Å². The average Bonchev–Trinajstić information content (AvgIpc) is 3.85. The number of aryl methyl sites for hydroxylation is 1. The van der Waals surface area contributed by atoms with Gasteiger partial charge in [-0.1, -0.05) is 23.4 Å². The third-order valence-corrected chi connectivity index (χ3v) is 9.25. The largest absolute Gasteiger partial charge is 0.495 e. The number of nitrogens with one attached hydrogen (secondary N) is 1. The van der Waals surface area contributed by atoms with Crippen LogP contribution in [0.25, 0.3) is 27.6 Å². The van der Waals surface area contributed by atoms with E-state index in [1.54, 1.807) is 65.6 Å². The number of fused-ring (bicyclic) bond motifs is 1. The summed E-state index contributed by atoms with van der Waals surface area (Å²) >= 11 is 0. The lowest BCUT2D eigenvalue weighted by Crippen LogP contribution is -2.49. The molecule has 2 amide bonds. The van der Waals surface area contributed by atoms with Gasteiger partial charge >= 0.3 is 0 Å². The summed E-state index contributed by atoms with van der Waals surface area (Å²) < 4.78 is 29.4. The normalized spacial score (nSPS) is 15.0. The summed E-state index contributed by atoms with van der Waals surface area (Å²) in [5.41, 5.74) is 3.97. The maximum atomic E-state index is 16.6. The van der Waals surface area contributed by atoms with Gasteiger partial charge in [0.05, 0.1) is 44.4 Å². The maximum absolute atomic E-state index is 16.6. The second-order valence-corrected chi connectivity index (χ2v) is 12.0. The number of anilines is 1. The summed E-state index contributed by atoms with van der Waals surface area (Å²) in [5, 5.41) is 8.29. The lowest BCUT2D eigenvalue weighted by molar-refractivity contribution is -0.131. The summed E-state index contributed by atoms with van der Waals surface area (Å²) in [6, 6.07) is 13.2. The summed E-state index contributed by atoms with van der Waals surface area (Å²) in [7, 11) is 3.21. The number of pyridine rings is 1. The van der Waals surface area contributed by atoms with Crippen LogP contribution in [0.15, 0.2) is 73.3 Å². The number of rotatable bonds is 9. The second kappa shape index (κ2) is 13.8. The van der Waals surface area contributed by atoms with Gasteiger partial charge in [-0.3, -0.25) is 19.3 Å². The average molecular weight is 665 g/mol. The highest BCUT2D eigenvalue weighted by Crippen LogP contribution is 2.40. The number of carbonyl (C=O) groups excluding carboxylic acids is 2. The van der Waals surface area contributed by atoms with Crippen LogP contribution in [0.3, 0.4) is 0 Å². The Labute approximate surface area is 282 Å². The Kier molecular flexibility index (Phi) is 8.97. The van der Waals surface area contributed by atoms with Crippen LogP contribution in [0.2, 0.25) is 0 Å². The van der Waals surface area contributed by atoms with Crippen molar-refractivity contribution in [2.45, 2.75) is 19.4 Å². The molecule has 252 valence electrons. The maximum Gasteiger partial charge on any atom is 0.270 e. The van der Waals surface area contributed by atoms with E-state index in [-0.39, 0.29) is 30.3 Å². The zero-order valence-corrected chi connectivity index (χ0v) is 27.4. The van der Waals surface area contributed by atoms with Crippen LogP contribution in [0.1, 0.15) is 28.9 Å². The quantitative estimate of drug-likeness (QED) is 0.242. The number of aromatic amines is 1. The van der Waals surface area contributed by atoms with Gasteiger partial charge in [-0.2, -0.15) is 0 Å². The Hall–Kier alpha value is -5.72. The Bertz CT molecular complexity index is 2020. The van der Waals surface area contributed by atoms with Crippen molar-refractivity contribution in [1.82, 2.24) is 34.8 Å². The molecule has 0 radical (unpaired) electrons. The lowest BCUT2D eigenvalue weighted by atomic mass is 9.93. The van der Waals surface area contributed by atoms with Crippen molar-refractivity contribution >= 4 is 34.0 Å². The molecule has 1 saturated heterocycles. The monoisotopic (exact) mass is 664 g/mol. The minimum atomic E-state index is -0.477. The van der Waals surface area contributed by atoms with Gasteiger partial charge in [-0.05, 0) is 47.9 Å². The first-order valence-corrected chi connectivity index (χ1v) is 16.3. The van der Waals surface area contributed by atoms with Crippen LogP contribution < -0.4 is 14.4 Å². The molecule has 49 heavy (non-hydrogen) atoms. The summed E-state index contributed by atoms with van der Waals surface area (Å²) in [6.07, 6.45) is 9.38. The highest BCUT2D eigenvalue weighted by molar-refractivity contribution is 6.05. The van der Waals surface area contributed by atoms with Crippen LogP contribution in [-0.4, -0.2) is 100 Å². The lowest BCUT2D eigenvalue weighted by Gasteiger charge is -2.36. The molecular formula is C36H37FN8O4. The predicted molar refractivity (Wildman–Crippen MR) is 183 cm³/mol. The summed E-state index contributed by atoms with van der Waals surface area (Å²) in [5.74, 6) is 0.582. The van der Waals surface area contributed by atoms with Crippen molar-refractivity contribution in [2.24, 2.45) is 0 Å². The van der Waals surface area contributed by atoms with E-state index < -0.39 is 5.82 Å². The number of piperazine rings is 1. The van der Waals surface area contributed by atoms with Gasteiger partial charge < -0.3 is 29.2 Å². The number of nitrogens with zero attached hydrogens (tertiary/aromatic N) is 7. The van der Waals surface area contributed by atoms with Gasteiger partial charge in [-0.15, -0.1) is 5.10 Å². The molecule has 12 nitrogen and oxygen atoms in total. The number of carbonyl (C=O) groups is 2. The number of benzene rings is 2. The summed E-state index contributed by atoms with van der Waals surface area (Å²) in [6.45, 7) is 3.47. The Balaban J connectivity index is 1.19. The number of H-pyrrole nitrogens is 1. The highest BCUT2D eigenvalue weighted by atomic mass is 19.1. The number of para-hydroxylation sites is 2. The molecule has 3 aromatic heterocycles. The van der Waals surface area contributed by atoms with Crippen molar-refractivity contribution in [1.29, 1.82) is 0 Å². The number of aromatic nitrogens is 5. The van der Waals surface area contributed by atoms with E-state index in [2.05, 4.69) is 25.2 Å². The van der Waals surface area contributed by atoms with Gasteiger partial charge in [0.15, 0.2) is 5.82 Å². The number of ether oxygens (including phenoxy) is 2. The molecule has 0 spiro atoms. The van der Waals surface area contributed by atoms with E-state index in [0.717, 1.165) is 11.4 Å². The van der Waals surface area contributed by atoms with Gasteiger partial charge in [0.1, 0.15) is 17.2 Å². The summed E-state index contributed by atoms with van der Waals surface area (Å²) in [4.78, 5) is 40.1. The molecule has 7 rings (SSSR count). The number of halogens is 1. The molecule has 1 N–H and O–H groups in total. The fraction of sp³-hybridized carbons (Fsp3) is 0.306. The molecule has 0 aliphatic carbocycles. The van der Waals surface area contributed by atoms with Crippen LogP contribution in [-0.2, 0) is 11.3 Å². The standard InChI is InChI=1S/C36H37FN8O4/c1-48-31-8-4-3-7-30(31)42-16-18-43(19-17-42)36(47)29-21-28-27(25-9-11-38-22-32(25)49-2)20-26(34(37)35(28)40-29)24-6-5-13-44(23-24)33(46)10-14-45-15-12-39-41-45/h3-4,6-9,11-12,15,20-22,40H,5,10,13-14,16-19,23H2,1-2H3. The van der Waals surface area contributed by atoms with E-state index in [1.165, 1.54) is 0 Å². The molecule has 2 aromatic carbocycles. The van der Waals surface area contributed by atoms with E-state index in [1.807, 2.05) is 36.4 Å². The number of amides is 2. The fourth-order valence-electron chi connectivity index (χ4n) is 6.68. The predicted octanol–water partition coefficient (Wildman–Crippen LogP) is 4.65. The van der Waals surface area contributed by atoms with Gasteiger partial charge in [-0.25, -0.2) is 4.39 Å². The fourth-order valence-corrected chi connectivity index (χ4v) is 6.68. The van der Waals surface area contributed by atoms with Crippen molar-refractivity contribution in [3.8, 4) is 22.6 Å². The van der Waals surface area contributed by atoms with Gasteiger partial charge in [0.25, 0.3) is 5.91 Å². The second-order valence-electron chi connectivity index (χ2n) is 12.0. The number of hydrogen-bond donors (Lipinski definition) is 1. The van der Waals surface area contributed by atoms with Crippen molar-refractivity contribution in [2.75, 3.05) is 58.4 Å². The molecule has 1 fully saturated rings. The van der Waals surface area contributed by atoms with Crippen LogP contribution in [0, 0.1) is 5.82 Å². The first-order chi connectivity index (χ1) is 23.9. The number of hydrogen-bond acceptors (Lipinski definition) is 8. The SMILES string of the molecule is COc1cnccc1-c1cc(C2=CCCN(C(=O)CCn3ccnn3)C2)c(F)c2[nH]c(C(=O)N3CCN(c4ccccc4OC)CC3)cc12. The first-order valence-electron chi connectivity index (χ1n) is 16.3. The topological polar surface area (TPSA) is 122 Å². The van der Waals surface area contributed by atoms with Crippen molar-refractivity contribution < 1.29 is 23.5 Å². The first kappa shape index (κ1) is 31.9. The number of methoxy groups -OCH3 is 2. The van der Waals surface area contributed by atoms with E-state index in [9.17, 15) is 9.59 Å². The van der Waals surface area contributed by atoms with Crippen LogP contribution in [0.4, 0.5) is 10.1 Å².